The first-order valence-electron chi connectivity index (χ1n) is 4.90. The van der Waals surface area contributed by atoms with Crippen LogP contribution in [0.2, 0.25) is 0 Å². The van der Waals surface area contributed by atoms with Gasteiger partial charge in [-0.15, -0.1) is 0 Å². The average Bonchev–Trinajstić information content (AvgIpc) is 2.12. The van der Waals surface area contributed by atoms with Crippen molar-refractivity contribution in [1.82, 2.24) is 5.32 Å². The van der Waals surface area contributed by atoms with Gasteiger partial charge in [-0.2, -0.15) is 0 Å². The number of nitrogens with one attached hydrogen (secondary N) is 1. The zero-order valence-corrected chi connectivity index (χ0v) is 10.0. The van der Waals surface area contributed by atoms with Crippen LogP contribution in [0, 0.1) is 0 Å². The van der Waals surface area contributed by atoms with Gasteiger partial charge in [0.2, 0.25) is 0 Å². The van der Waals surface area contributed by atoms with Gasteiger partial charge in [0.25, 0.3) is 0 Å². The van der Waals surface area contributed by atoms with Gasteiger partial charge in [-0.3, -0.25) is 0 Å². The Morgan fingerprint density at radius 1 is 0.545 bits per heavy atom. The summed E-state index contributed by atoms with van der Waals surface area (Å²) in [5.41, 5.74) is 0. The first-order chi connectivity index (χ1) is 9.00. The molecule has 0 bridgehead atoms. The molecule has 1 heterocycles. The third-order valence-electron chi connectivity index (χ3n) is 0.846. The molecule has 1 saturated heterocycles. The molecule has 0 unspecified atom stereocenters. The molecule has 0 radical (unpaired) electrons. The molecule has 0 spiro atoms. The molecule has 2 nitrogen and oxygen atoms in total. The predicted octanol–water partition coefficient (Wildman–Crippen LogP) is 2.86. The molecule has 18 heteroatoms. The molecule has 0 aromatic carbocycles. The SMILES string of the molecule is C1COCCN1.F[B-](F)(F)F.F[B-](F)(F)F.F[B-](F)(F)F.[KH]. The summed E-state index contributed by atoms with van der Waals surface area (Å²) in [5, 5.41) is 3.16. The molecule has 0 aliphatic carbocycles. The Kier molecular flexibility index (Phi) is 21.6. The van der Waals surface area contributed by atoms with Crippen molar-refractivity contribution in [3.63, 3.8) is 0 Å². The van der Waals surface area contributed by atoms with Crippen molar-refractivity contribution in [1.29, 1.82) is 0 Å². The summed E-state index contributed by atoms with van der Waals surface area (Å²) in [6, 6.07) is 0. The fraction of sp³-hybridized carbons (Fsp3) is 1.00. The van der Waals surface area contributed by atoms with Gasteiger partial charge in [-0.05, 0) is 0 Å². The quantitative estimate of drug-likeness (QED) is 0.510. The van der Waals surface area contributed by atoms with Crippen molar-refractivity contribution in [3.8, 4) is 0 Å². The fourth-order valence-electron chi connectivity index (χ4n) is 0.516. The molecule has 1 fully saturated rings. The van der Waals surface area contributed by atoms with Crippen LogP contribution in [0.25, 0.3) is 0 Å². The Hall–Kier alpha value is 0.911. The number of morpholine rings is 1. The maximum absolute atomic E-state index is 9.75. The Balaban J connectivity index is -0.0000000973. The van der Waals surface area contributed by atoms with E-state index in [1.54, 1.807) is 0 Å². The summed E-state index contributed by atoms with van der Waals surface area (Å²) in [5.74, 6) is 0. The van der Waals surface area contributed by atoms with Gasteiger partial charge in [0.1, 0.15) is 0 Å². The number of ether oxygens (including phenoxy) is 1. The second-order valence-corrected chi connectivity index (χ2v) is 2.85. The van der Waals surface area contributed by atoms with Gasteiger partial charge >= 0.3 is 73.1 Å². The fourth-order valence-corrected chi connectivity index (χ4v) is 0.516. The van der Waals surface area contributed by atoms with E-state index in [0.29, 0.717) is 0 Å². The van der Waals surface area contributed by atoms with E-state index in [-0.39, 0.29) is 51.4 Å². The Labute approximate surface area is 160 Å². The summed E-state index contributed by atoms with van der Waals surface area (Å²) in [4.78, 5) is 0. The first-order valence-corrected chi connectivity index (χ1v) is 4.90. The Morgan fingerprint density at radius 2 is 0.727 bits per heavy atom. The van der Waals surface area contributed by atoms with Crippen LogP contribution in [0.3, 0.4) is 0 Å². The standard InChI is InChI=1S/C4H9NO.3BF4.K.H/c1-3-6-4-2-5-1;3*2-1(3,4)5;;/h5H,1-4H2;;;;;/q;3*-1;;. The van der Waals surface area contributed by atoms with Crippen molar-refractivity contribution < 1.29 is 56.5 Å². The second kappa shape index (κ2) is 15.4. The van der Waals surface area contributed by atoms with E-state index in [1.165, 1.54) is 0 Å². The molecule has 0 aromatic heterocycles. The normalized spacial score (nSPS) is 14.7. The molecule has 1 aliphatic heterocycles. The minimum absolute atomic E-state index is 0. The zero-order chi connectivity index (χ0) is 17.7. The third-order valence-corrected chi connectivity index (χ3v) is 0.846. The van der Waals surface area contributed by atoms with Gasteiger partial charge in [-0.25, -0.2) is 0 Å². The molecule has 22 heavy (non-hydrogen) atoms. The van der Waals surface area contributed by atoms with Gasteiger partial charge in [0.05, 0.1) is 13.2 Å². The summed E-state index contributed by atoms with van der Waals surface area (Å²) >= 11 is 0. The monoisotopic (exact) mass is 388 g/mol. The molecule has 0 saturated carbocycles. The van der Waals surface area contributed by atoms with Gasteiger partial charge in [0, 0.05) is 13.1 Å². The molecule has 1 aliphatic rings. The number of halogens is 12. The molecule has 0 aromatic rings. The van der Waals surface area contributed by atoms with Crippen LogP contribution in [0.1, 0.15) is 0 Å². The Morgan fingerprint density at radius 3 is 0.773 bits per heavy atom. The van der Waals surface area contributed by atoms with Crippen LogP contribution in [-0.4, -0.2) is 99.5 Å². The van der Waals surface area contributed by atoms with Crippen LogP contribution in [0.15, 0.2) is 0 Å². The molecule has 1 rings (SSSR count). The molecule has 1 N–H and O–H groups in total. The van der Waals surface area contributed by atoms with Crippen molar-refractivity contribution in [2.24, 2.45) is 0 Å². The first kappa shape index (κ1) is 30.8. The number of rotatable bonds is 0. The molecule has 0 amide bonds. The predicted molar refractivity (Wildman–Crippen MR) is 61.4 cm³/mol. The van der Waals surface area contributed by atoms with E-state index in [0.717, 1.165) is 26.3 Å². The number of hydrogen-bond donors (Lipinski definition) is 1. The summed E-state index contributed by atoms with van der Waals surface area (Å²) in [6.45, 7) is 3.83. The van der Waals surface area contributed by atoms with E-state index in [2.05, 4.69) is 5.32 Å². The van der Waals surface area contributed by atoms with E-state index in [9.17, 15) is 51.8 Å². The summed E-state index contributed by atoms with van der Waals surface area (Å²) in [7, 11) is -18.0. The summed E-state index contributed by atoms with van der Waals surface area (Å²) in [6.07, 6.45) is 0. The maximum atomic E-state index is 9.75. The second-order valence-electron chi connectivity index (χ2n) is 2.85. The van der Waals surface area contributed by atoms with Crippen LogP contribution in [-0.2, 0) is 4.74 Å². The van der Waals surface area contributed by atoms with Crippen molar-refractivity contribution in [3.05, 3.63) is 0 Å². The molecular weight excluding hydrogens is 378 g/mol. The van der Waals surface area contributed by atoms with Crippen molar-refractivity contribution >= 4 is 73.1 Å². The number of hydrogen-bond acceptors (Lipinski definition) is 2. The van der Waals surface area contributed by atoms with Gasteiger partial charge < -0.3 is 61.8 Å². The van der Waals surface area contributed by atoms with Crippen molar-refractivity contribution in [2.75, 3.05) is 26.3 Å². The molecule has 134 valence electrons. The van der Waals surface area contributed by atoms with Crippen molar-refractivity contribution in [2.45, 2.75) is 0 Å². The van der Waals surface area contributed by atoms with Crippen LogP contribution >= 0.6 is 0 Å². The zero-order valence-electron chi connectivity index (χ0n) is 10.0. The van der Waals surface area contributed by atoms with Gasteiger partial charge in [-0.1, -0.05) is 0 Å². The van der Waals surface area contributed by atoms with E-state index in [1.807, 2.05) is 0 Å². The third kappa shape index (κ3) is 174. The Bertz CT molecular complexity index is 172. The molecular formula is C4H10B3F12KNO-3. The minimum atomic E-state index is -6.00. The van der Waals surface area contributed by atoms with Crippen LogP contribution in [0.4, 0.5) is 51.8 Å². The van der Waals surface area contributed by atoms with Gasteiger partial charge in [0.15, 0.2) is 0 Å². The van der Waals surface area contributed by atoms with E-state index >= 15 is 0 Å². The van der Waals surface area contributed by atoms with E-state index in [4.69, 9.17) is 4.74 Å². The topological polar surface area (TPSA) is 21.3 Å². The van der Waals surface area contributed by atoms with E-state index < -0.39 is 21.8 Å². The summed E-state index contributed by atoms with van der Waals surface area (Å²) < 4.78 is 122. The molecule has 0 atom stereocenters. The van der Waals surface area contributed by atoms with Crippen LogP contribution < -0.4 is 5.32 Å². The average molecular weight is 388 g/mol. The van der Waals surface area contributed by atoms with Crippen LogP contribution in [0.5, 0.6) is 0 Å².